The number of hydrogen-bond acceptors (Lipinski definition) is 4. The number of halogens is 1. The molecular formula is C24H31BrN2O3. The molecule has 1 N–H and O–H groups in total. The predicted octanol–water partition coefficient (Wildman–Crippen LogP) is 4.84. The number of ether oxygens (including phenoxy) is 2. The van der Waals surface area contributed by atoms with Crippen molar-refractivity contribution in [1.29, 1.82) is 0 Å². The minimum Gasteiger partial charge on any atom is -0.490 e. The molecule has 1 amide bonds. The van der Waals surface area contributed by atoms with Crippen LogP contribution in [0.4, 0.5) is 0 Å². The largest absolute Gasteiger partial charge is 0.490 e. The summed E-state index contributed by atoms with van der Waals surface area (Å²) < 4.78 is 12.9. The Bertz CT molecular complexity index is 856. The van der Waals surface area contributed by atoms with Gasteiger partial charge in [0.1, 0.15) is 6.61 Å². The van der Waals surface area contributed by atoms with E-state index in [9.17, 15) is 4.79 Å². The van der Waals surface area contributed by atoms with Crippen LogP contribution in [0.25, 0.3) is 0 Å². The summed E-state index contributed by atoms with van der Waals surface area (Å²) in [4.78, 5) is 13.6. The van der Waals surface area contributed by atoms with Gasteiger partial charge >= 0.3 is 0 Å². The topological polar surface area (TPSA) is 50.8 Å². The van der Waals surface area contributed by atoms with E-state index in [4.69, 9.17) is 9.47 Å². The Morgan fingerprint density at radius 3 is 2.67 bits per heavy atom. The van der Waals surface area contributed by atoms with E-state index in [0.29, 0.717) is 25.5 Å². The number of benzene rings is 2. The summed E-state index contributed by atoms with van der Waals surface area (Å²) >= 11 is 3.68. The van der Waals surface area contributed by atoms with Crippen LogP contribution >= 0.6 is 15.9 Å². The van der Waals surface area contributed by atoms with E-state index < -0.39 is 0 Å². The van der Waals surface area contributed by atoms with Crippen LogP contribution < -0.4 is 14.8 Å². The van der Waals surface area contributed by atoms with E-state index in [2.05, 4.69) is 40.3 Å². The molecule has 30 heavy (non-hydrogen) atoms. The maximum atomic E-state index is 11.7. The first-order valence-corrected chi connectivity index (χ1v) is 11.5. The van der Waals surface area contributed by atoms with Crippen LogP contribution in [-0.4, -0.2) is 37.0 Å². The van der Waals surface area contributed by atoms with Crippen LogP contribution in [0.5, 0.6) is 11.5 Å². The molecule has 1 heterocycles. The molecule has 1 saturated heterocycles. The van der Waals surface area contributed by atoms with Crippen molar-refractivity contribution in [2.24, 2.45) is 0 Å². The van der Waals surface area contributed by atoms with Gasteiger partial charge in [0.2, 0.25) is 5.91 Å². The Kier molecular flexibility index (Phi) is 8.58. The second-order valence-corrected chi connectivity index (χ2v) is 8.41. The fourth-order valence-corrected chi connectivity index (χ4v) is 4.04. The molecule has 162 valence electrons. The van der Waals surface area contributed by atoms with E-state index in [0.717, 1.165) is 60.6 Å². The summed E-state index contributed by atoms with van der Waals surface area (Å²) in [5, 5.41) is 3.47. The lowest BCUT2D eigenvalue weighted by Gasteiger charge is -2.17. The number of likely N-dealkylation sites (tertiary alicyclic amines) is 1. The highest BCUT2D eigenvalue weighted by atomic mass is 79.9. The Morgan fingerprint density at radius 2 is 1.93 bits per heavy atom. The summed E-state index contributed by atoms with van der Waals surface area (Å²) in [6, 6.07) is 12.3. The van der Waals surface area contributed by atoms with Crippen molar-refractivity contribution in [2.45, 2.75) is 46.3 Å². The Labute approximate surface area is 187 Å². The highest BCUT2D eigenvalue weighted by molar-refractivity contribution is 9.10. The monoisotopic (exact) mass is 474 g/mol. The number of amides is 1. The van der Waals surface area contributed by atoms with Crippen LogP contribution in [-0.2, 0) is 17.9 Å². The summed E-state index contributed by atoms with van der Waals surface area (Å²) in [6.07, 6.45) is 2.66. The maximum absolute atomic E-state index is 11.7. The summed E-state index contributed by atoms with van der Waals surface area (Å²) in [5.74, 6) is 1.79. The van der Waals surface area contributed by atoms with E-state index in [1.54, 1.807) is 0 Å². The zero-order valence-corrected chi connectivity index (χ0v) is 19.5. The molecule has 0 saturated carbocycles. The van der Waals surface area contributed by atoms with Gasteiger partial charge in [-0.3, -0.25) is 4.79 Å². The van der Waals surface area contributed by atoms with Gasteiger partial charge in [0.25, 0.3) is 0 Å². The molecule has 1 fully saturated rings. The molecule has 0 radical (unpaired) electrons. The van der Waals surface area contributed by atoms with E-state index in [1.807, 2.05) is 36.1 Å². The molecule has 1 aliphatic heterocycles. The normalized spacial score (nSPS) is 13.7. The van der Waals surface area contributed by atoms with Crippen molar-refractivity contribution in [2.75, 3.05) is 26.2 Å². The third kappa shape index (κ3) is 6.22. The van der Waals surface area contributed by atoms with E-state index >= 15 is 0 Å². The van der Waals surface area contributed by atoms with Gasteiger partial charge in [-0.2, -0.15) is 0 Å². The van der Waals surface area contributed by atoms with Gasteiger partial charge in [0, 0.05) is 30.5 Å². The predicted molar refractivity (Wildman–Crippen MR) is 123 cm³/mol. The number of carbonyl (C=O) groups is 1. The molecule has 0 aromatic heterocycles. The lowest BCUT2D eigenvalue weighted by atomic mass is 10.1. The molecule has 2 aromatic rings. The molecular weight excluding hydrogens is 444 g/mol. The molecule has 0 spiro atoms. The first-order valence-electron chi connectivity index (χ1n) is 10.7. The number of aryl methyl sites for hydroxylation is 1. The van der Waals surface area contributed by atoms with Crippen LogP contribution in [0, 0.1) is 6.92 Å². The SMILES string of the molecule is CCOc1cc(CNCCCN2CCCC2=O)c(Br)cc1OCc1ccccc1C. The van der Waals surface area contributed by atoms with Crippen molar-refractivity contribution in [3.8, 4) is 11.5 Å². The number of hydrogen-bond donors (Lipinski definition) is 1. The van der Waals surface area contributed by atoms with Gasteiger partial charge in [0.05, 0.1) is 6.61 Å². The third-order valence-electron chi connectivity index (χ3n) is 5.33. The fraction of sp³-hybridized carbons (Fsp3) is 0.458. The van der Waals surface area contributed by atoms with Crippen molar-refractivity contribution in [1.82, 2.24) is 10.2 Å². The minimum atomic E-state index is 0.292. The van der Waals surface area contributed by atoms with Gasteiger partial charge in [-0.05, 0) is 62.1 Å². The first-order chi connectivity index (χ1) is 14.6. The van der Waals surface area contributed by atoms with Gasteiger partial charge in [-0.15, -0.1) is 0 Å². The third-order valence-corrected chi connectivity index (χ3v) is 6.06. The van der Waals surface area contributed by atoms with E-state index in [1.165, 1.54) is 11.1 Å². The number of nitrogens with zero attached hydrogens (tertiary/aromatic N) is 1. The lowest BCUT2D eigenvalue weighted by Crippen LogP contribution is -2.28. The number of rotatable bonds is 11. The van der Waals surface area contributed by atoms with Gasteiger partial charge in [-0.1, -0.05) is 40.2 Å². The first kappa shape index (κ1) is 22.6. The zero-order chi connectivity index (χ0) is 21.3. The molecule has 1 aliphatic rings. The van der Waals surface area contributed by atoms with Crippen molar-refractivity contribution < 1.29 is 14.3 Å². The summed E-state index contributed by atoms with van der Waals surface area (Å²) in [5.41, 5.74) is 3.50. The molecule has 3 rings (SSSR count). The standard InChI is InChI=1S/C24H31BrN2O3/c1-3-29-22-14-20(16-26-11-7-13-27-12-6-10-24(27)28)21(25)15-23(22)30-17-19-9-5-4-8-18(19)2/h4-5,8-9,14-15,26H,3,6-7,10-13,16-17H2,1-2H3. The molecule has 6 heteroatoms. The fourth-order valence-electron chi connectivity index (χ4n) is 3.58. The molecule has 2 aromatic carbocycles. The molecule has 0 atom stereocenters. The molecule has 0 bridgehead atoms. The highest BCUT2D eigenvalue weighted by Crippen LogP contribution is 2.34. The van der Waals surface area contributed by atoms with Crippen LogP contribution in [0.2, 0.25) is 0 Å². The van der Waals surface area contributed by atoms with Crippen molar-refractivity contribution in [3.63, 3.8) is 0 Å². The average Bonchev–Trinajstić information content (AvgIpc) is 3.14. The quantitative estimate of drug-likeness (QED) is 0.473. The maximum Gasteiger partial charge on any atom is 0.222 e. The molecule has 0 aliphatic carbocycles. The Balaban J connectivity index is 1.55. The minimum absolute atomic E-state index is 0.292. The zero-order valence-electron chi connectivity index (χ0n) is 17.9. The van der Waals surface area contributed by atoms with Crippen LogP contribution in [0.15, 0.2) is 40.9 Å². The number of carbonyl (C=O) groups excluding carboxylic acids is 1. The smallest absolute Gasteiger partial charge is 0.222 e. The van der Waals surface area contributed by atoms with Gasteiger partial charge < -0.3 is 19.7 Å². The van der Waals surface area contributed by atoms with Gasteiger partial charge in [0.15, 0.2) is 11.5 Å². The Morgan fingerprint density at radius 1 is 1.13 bits per heavy atom. The van der Waals surface area contributed by atoms with E-state index in [-0.39, 0.29) is 0 Å². The molecule has 5 nitrogen and oxygen atoms in total. The van der Waals surface area contributed by atoms with Crippen LogP contribution in [0.1, 0.15) is 42.9 Å². The summed E-state index contributed by atoms with van der Waals surface area (Å²) in [6.45, 7) is 8.50. The summed E-state index contributed by atoms with van der Waals surface area (Å²) in [7, 11) is 0. The Hall–Kier alpha value is -2.05. The van der Waals surface area contributed by atoms with Crippen LogP contribution in [0.3, 0.4) is 0 Å². The second-order valence-electron chi connectivity index (χ2n) is 7.55. The molecule has 0 unspecified atom stereocenters. The second kappa shape index (κ2) is 11.4. The van der Waals surface area contributed by atoms with Crippen molar-refractivity contribution in [3.05, 3.63) is 57.6 Å². The highest BCUT2D eigenvalue weighted by Gasteiger charge is 2.19. The number of nitrogens with one attached hydrogen (secondary N) is 1. The average molecular weight is 475 g/mol. The van der Waals surface area contributed by atoms with Crippen molar-refractivity contribution >= 4 is 21.8 Å². The lowest BCUT2D eigenvalue weighted by molar-refractivity contribution is -0.127. The van der Waals surface area contributed by atoms with Gasteiger partial charge in [-0.25, -0.2) is 0 Å².